The van der Waals surface area contributed by atoms with Gasteiger partial charge in [0.25, 0.3) is 5.69 Å². The predicted molar refractivity (Wildman–Crippen MR) is 88.2 cm³/mol. The van der Waals surface area contributed by atoms with Gasteiger partial charge in [-0.25, -0.2) is 4.79 Å². The van der Waals surface area contributed by atoms with Gasteiger partial charge >= 0.3 is 12.0 Å². The number of carboxylic acid groups (broad SMARTS) is 1. The second-order valence-corrected chi connectivity index (χ2v) is 5.02. The summed E-state index contributed by atoms with van der Waals surface area (Å²) in [5.41, 5.74) is 0.273. The van der Waals surface area contributed by atoms with Gasteiger partial charge in [0, 0.05) is 25.1 Å². The van der Waals surface area contributed by atoms with Crippen LogP contribution in [0.15, 0.2) is 12.1 Å². The highest BCUT2D eigenvalue weighted by atomic mass is 16.6. The number of carboxylic acids is 1. The summed E-state index contributed by atoms with van der Waals surface area (Å²) >= 11 is 0. The maximum atomic E-state index is 11.6. The Morgan fingerprint density at radius 1 is 1.16 bits per heavy atom. The van der Waals surface area contributed by atoms with Crippen molar-refractivity contribution >= 4 is 17.7 Å². The summed E-state index contributed by atoms with van der Waals surface area (Å²) in [6.07, 6.45) is 0.515. The Labute approximate surface area is 144 Å². The molecule has 0 saturated heterocycles. The summed E-state index contributed by atoms with van der Waals surface area (Å²) in [7, 11) is 2.81. The number of methoxy groups -OCH3 is 2. The van der Waals surface area contributed by atoms with E-state index in [0.29, 0.717) is 17.7 Å². The van der Waals surface area contributed by atoms with Gasteiger partial charge in [0.15, 0.2) is 11.5 Å². The van der Waals surface area contributed by atoms with Gasteiger partial charge in [-0.15, -0.1) is 0 Å². The van der Waals surface area contributed by atoms with Crippen molar-refractivity contribution in [1.29, 1.82) is 0 Å². The van der Waals surface area contributed by atoms with Crippen molar-refractivity contribution in [3.05, 3.63) is 27.8 Å². The first-order chi connectivity index (χ1) is 11.9. The van der Waals surface area contributed by atoms with Crippen LogP contribution < -0.4 is 20.1 Å². The molecule has 3 N–H and O–H groups in total. The van der Waals surface area contributed by atoms with Crippen molar-refractivity contribution < 1.29 is 29.1 Å². The van der Waals surface area contributed by atoms with E-state index < -0.39 is 16.9 Å². The van der Waals surface area contributed by atoms with Gasteiger partial charge in [-0.3, -0.25) is 14.9 Å². The molecule has 2 amide bonds. The lowest BCUT2D eigenvalue weighted by Gasteiger charge is -2.11. The van der Waals surface area contributed by atoms with Crippen molar-refractivity contribution in [3.8, 4) is 11.5 Å². The standard InChI is InChI=1S/C15H21N3O7/c1-24-12-8-10(11(18(22)23)9-13(12)25-2)5-7-17-15(21)16-6-3-4-14(19)20/h8-9H,3-7H2,1-2H3,(H,19,20)(H2,16,17,21). The predicted octanol–water partition coefficient (Wildman–Crippen LogP) is 1.32. The SMILES string of the molecule is COc1cc(CCNC(=O)NCCCC(=O)O)c([N+](=O)[O-])cc1OC. The zero-order valence-electron chi connectivity index (χ0n) is 14.0. The van der Waals surface area contributed by atoms with E-state index in [1.54, 1.807) is 0 Å². The summed E-state index contributed by atoms with van der Waals surface area (Å²) in [5, 5.41) is 24.7. The minimum atomic E-state index is -0.928. The van der Waals surface area contributed by atoms with Gasteiger partial charge in [-0.1, -0.05) is 0 Å². The quantitative estimate of drug-likeness (QED) is 0.326. The molecule has 10 nitrogen and oxygen atoms in total. The number of nitrogens with one attached hydrogen (secondary N) is 2. The van der Waals surface area contributed by atoms with Crippen LogP contribution in [0.2, 0.25) is 0 Å². The van der Waals surface area contributed by atoms with Crippen LogP contribution in [0.5, 0.6) is 11.5 Å². The molecule has 0 saturated carbocycles. The number of urea groups is 1. The molecule has 0 aliphatic rings. The van der Waals surface area contributed by atoms with Crippen LogP contribution in [0.4, 0.5) is 10.5 Å². The molecule has 1 rings (SSSR count). The van der Waals surface area contributed by atoms with E-state index in [2.05, 4.69) is 10.6 Å². The van der Waals surface area contributed by atoms with Crippen LogP contribution >= 0.6 is 0 Å². The molecule has 1 aromatic carbocycles. The average molecular weight is 355 g/mol. The number of nitrogens with zero attached hydrogens (tertiary/aromatic N) is 1. The Balaban J connectivity index is 2.60. The minimum Gasteiger partial charge on any atom is -0.493 e. The number of amides is 2. The number of nitro groups is 1. The fourth-order valence-electron chi connectivity index (χ4n) is 2.10. The largest absolute Gasteiger partial charge is 0.493 e. The number of nitro benzene ring substituents is 1. The van der Waals surface area contributed by atoms with Crippen molar-refractivity contribution in [2.75, 3.05) is 27.3 Å². The molecule has 0 radical (unpaired) electrons. The monoisotopic (exact) mass is 355 g/mol. The van der Waals surface area contributed by atoms with Crippen molar-refractivity contribution in [3.63, 3.8) is 0 Å². The maximum absolute atomic E-state index is 11.6. The van der Waals surface area contributed by atoms with Crippen molar-refractivity contribution in [2.24, 2.45) is 0 Å². The van der Waals surface area contributed by atoms with Gasteiger partial charge in [-0.05, 0) is 18.9 Å². The molecule has 0 atom stereocenters. The molecular formula is C15H21N3O7. The zero-order chi connectivity index (χ0) is 18.8. The van der Waals surface area contributed by atoms with Crippen molar-refractivity contribution in [1.82, 2.24) is 10.6 Å². The fourth-order valence-corrected chi connectivity index (χ4v) is 2.10. The lowest BCUT2D eigenvalue weighted by molar-refractivity contribution is -0.385. The molecule has 25 heavy (non-hydrogen) atoms. The number of hydrogen-bond acceptors (Lipinski definition) is 6. The molecule has 0 heterocycles. The van der Waals surface area contributed by atoms with E-state index in [-0.39, 0.29) is 37.4 Å². The highest BCUT2D eigenvalue weighted by Crippen LogP contribution is 2.34. The number of carbonyl (C=O) groups excluding carboxylic acids is 1. The van der Waals surface area contributed by atoms with E-state index in [4.69, 9.17) is 14.6 Å². The van der Waals surface area contributed by atoms with E-state index in [1.807, 2.05) is 0 Å². The van der Waals surface area contributed by atoms with Crippen LogP contribution in [-0.4, -0.2) is 49.3 Å². The lowest BCUT2D eigenvalue weighted by atomic mass is 10.1. The normalized spacial score (nSPS) is 10.0. The number of benzene rings is 1. The number of carbonyl (C=O) groups is 2. The number of hydrogen-bond donors (Lipinski definition) is 3. The van der Waals surface area contributed by atoms with Crippen LogP contribution in [0.3, 0.4) is 0 Å². The van der Waals surface area contributed by atoms with Crippen LogP contribution in [0.25, 0.3) is 0 Å². The number of aliphatic carboxylic acids is 1. The molecule has 0 aliphatic heterocycles. The van der Waals surface area contributed by atoms with E-state index in [9.17, 15) is 19.7 Å². The summed E-state index contributed by atoms with van der Waals surface area (Å²) in [6, 6.07) is 2.32. The van der Waals surface area contributed by atoms with Gasteiger partial charge in [0.05, 0.1) is 25.2 Å². The van der Waals surface area contributed by atoms with Crippen LogP contribution in [0.1, 0.15) is 18.4 Å². The summed E-state index contributed by atoms with van der Waals surface area (Å²) in [5.74, 6) is -0.314. The third-order valence-corrected chi connectivity index (χ3v) is 3.31. The van der Waals surface area contributed by atoms with Crippen LogP contribution in [0, 0.1) is 10.1 Å². The third kappa shape index (κ3) is 6.53. The summed E-state index contributed by atoms with van der Waals surface area (Å²) in [4.78, 5) is 32.6. The Bertz CT molecular complexity index is 634. The van der Waals surface area contributed by atoms with Gasteiger partial charge in [-0.2, -0.15) is 0 Å². The molecule has 0 aromatic heterocycles. The highest BCUT2D eigenvalue weighted by Gasteiger charge is 2.19. The van der Waals surface area contributed by atoms with Gasteiger partial charge in [0.2, 0.25) is 0 Å². The fraction of sp³-hybridized carbons (Fsp3) is 0.467. The molecular weight excluding hydrogens is 334 g/mol. The second-order valence-electron chi connectivity index (χ2n) is 5.02. The molecule has 0 bridgehead atoms. The maximum Gasteiger partial charge on any atom is 0.314 e. The third-order valence-electron chi connectivity index (χ3n) is 3.31. The molecule has 10 heteroatoms. The van der Waals surface area contributed by atoms with Gasteiger partial charge < -0.3 is 25.2 Å². The first-order valence-electron chi connectivity index (χ1n) is 7.51. The smallest absolute Gasteiger partial charge is 0.314 e. The average Bonchev–Trinajstić information content (AvgIpc) is 2.57. The molecule has 0 aliphatic carbocycles. The molecule has 138 valence electrons. The number of rotatable bonds is 10. The summed E-state index contributed by atoms with van der Waals surface area (Å²) in [6.45, 7) is 0.399. The Kier molecular flexibility index (Phi) is 7.97. The first kappa shape index (κ1) is 20.0. The highest BCUT2D eigenvalue weighted by molar-refractivity contribution is 5.74. The lowest BCUT2D eigenvalue weighted by Crippen LogP contribution is -2.37. The Morgan fingerprint density at radius 3 is 2.32 bits per heavy atom. The van der Waals surface area contributed by atoms with Crippen molar-refractivity contribution in [2.45, 2.75) is 19.3 Å². The van der Waals surface area contributed by atoms with Crippen LogP contribution in [-0.2, 0) is 11.2 Å². The topological polar surface area (TPSA) is 140 Å². The molecule has 0 spiro atoms. The Hall–Kier alpha value is -3.04. The molecule has 1 aromatic rings. The number of ether oxygens (including phenoxy) is 2. The molecule has 0 fully saturated rings. The Morgan fingerprint density at radius 2 is 1.76 bits per heavy atom. The molecule has 0 unspecified atom stereocenters. The first-order valence-corrected chi connectivity index (χ1v) is 7.51. The summed E-state index contributed by atoms with van der Waals surface area (Å²) < 4.78 is 10.2. The van der Waals surface area contributed by atoms with E-state index >= 15 is 0 Å². The zero-order valence-corrected chi connectivity index (χ0v) is 14.0. The van der Waals surface area contributed by atoms with Gasteiger partial charge in [0.1, 0.15) is 0 Å². The second kappa shape index (κ2) is 9.96. The van der Waals surface area contributed by atoms with E-state index in [1.165, 1.54) is 26.4 Å². The minimum absolute atomic E-state index is 0.0296. The van der Waals surface area contributed by atoms with E-state index in [0.717, 1.165) is 0 Å².